The smallest absolute Gasteiger partial charge is 0.258 e. The van der Waals surface area contributed by atoms with Crippen LogP contribution >= 0.6 is 11.6 Å². The van der Waals surface area contributed by atoms with Crippen LogP contribution in [0.25, 0.3) is 0 Å². The van der Waals surface area contributed by atoms with E-state index in [1.54, 1.807) is 60.5 Å². The molecule has 0 aliphatic rings. The molecule has 0 saturated carbocycles. The van der Waals surface area contributed by atoms with Crippen LogP contribution in [0.3, 0.4) is 0 Å². The minimum absolute atomic E-state index is 0.150. The third-order valence-electron chi connectivity index (χ3n) is 4.00. The van der Waals surface area contributed by atoms with E-state index in [1.807, 2.05) is 24.3 Å². The molecule has 0 aromatic heterocycles. The molecule has 0 radical (unpaired) electrons. The molecule has 0 aliphatic carbocycles. The average Bonchev–Trinajstić information content (AvgIpc) is 2.67. The van der Waals surface area contributed by atoms with Crippen LogP contribution in [0.15, 0.2) is 72.8 Å². The molecule has 0 spiro atoms. The zero-order chi connectivity index (χ0) is 18.5. The highest BCUT2D eigenvalue weighted by Crippen LogP contribution is 2.24. The number of halogens is 1. The first kappa shape index (κ1) is 17.8. The summed E-state index contributed by atoms with van der Waals surface area (Å²) in [5.74, 6) is 0.759. The van der Waals surface area contributed by atoms with Gasteiger partial charge >= 0.3 is 0 Å². The lowest BCUT2D eigenvalue weighted by atomic mass is 10.1. The van der Waals surface area contributed by atoms with E-state index < -0.39 is 0 Å². The lowest BCUT2D eigenvalue weighted by Crippen LogP contribution is -2.30. The van der Waals surface area contributed by atoms with Crippen LogP contribution in [-0.4, -0.2) is 18.1 Å². The summed E-state index contributed by atoms with van der Waals surface area (Å²) in [6, 6.07) is 20.9. The van der Waals surface area contributed by atoms with Crippen LogP contribution < -0.4 is 9.64 Å². The number of rotatable bonds is 5. The molecule has 3 rings (SSSR count). The maximum atomic E-state index is 13.1. The molecular weight excluding hydrogens is 350 g/mol. The largest absolute Gasteiger partial charge is 0.508 e. The van der Waals surface area contributed by atoms with Gasteiger partial charge in [0.1, 0.15) is 11.5 Å². The summed E-state index contributed by atoms with van der Waals surface area (Å²) in [5, 5.41) is 10.1. The molecule has 3 aromatic rings. The van der Waals surface area contributed by atoms with Gasteiger partial charge in [0.25, 0.3) is 5.91 Å². The van der Waals surface area contributed by atoms with Gasteiger partial charge in [0.05, 0.1) is 13.7 Å². The Balaban J connectivity index is 1.93. The van der Waals surface area contributed by atoms with Crippen molar-refractivity contribution < 1.29 is 14.6 Å². The summed E-state index contributed by atoms with van der Waals surface area (Å²) >= 11 is 5.92. The number of phenolic OH excluding ortho intramolecular Hbond substituents is 1. The van der Waals surface area contributed by atoms with Crippen LogP contribution in [0.2, 0.25) is 5.02 Å². The van der Waals surface area contributed by atoms with E-state index in [9.17, 15) is 9.90 Å². The Labute approximate surface area is 157 Å². The summed E-state index contributed by atoms with van der Waals surface area (Å²) in [6.07, 6.45) is 0. The van der Waals surface area contributed by atoms with E-state index in [-0.39, 0.29) is 11.7 Å². The zero-order valence-corrected chi connectivity index (χ0v) is 15.0. The van der Waals surface area contributed by atoms with Gasteiger partial charge in [-0.1, -0.05) is 23.7 Å². The van der Waals surface area contributed by atoms with Crippen molar-refractivity contribution in [2.75, 3.05) is 12.0 Å². The maximum Gasteiger partial charge on any atom is 0.258 e. The number of nitrogens with zero attached hydrogens (tertiary/aromatic N) is 1. The Bertz CT molecular complexity index is 875. The number of benzene rings is 3. The quantitative estimate of drug-likeness (QED) is 0.697. The van der Waals surface area contributed by atoms with Gasteiger partial charge in [-0.05, 0) is 66.2 Å². The van der Waals surface area contributed by atoms with Crippen molar-refractivity contribution in [2.24, 2.45) is 0 Å². The summed E-state index contributed by atoms with van der Waals surface area (Å²) in [6.45, 7) is 0.385. The fraction of sp³-hybridized carbons (Fsp3) is 0.0952. The number of carbonyl (C=O) groups excluding carboxylic acids is 1. The number of hydrogen-bond acceptors (Lipinski definition) is 3. The first-order valence-electron chi connectivity index (χ1n) is 8.06. The maximum absolute atomic E-state index is 13.1. The molecule has 0 aliphatic heterocycles. The number of ether oxygens (including phenoxy) is 1. The third kappa shape index (κ3) is 4.16. The molecule has 1 N–H and O–H groups in total. The standard InChI is InChI=1S/C21H18ClNO3/c1-26-20-12-2-15(3-13-20)14-23(18-8-10-19(24)11-9-18)21(25)16-4-6-17(22)7-5-16/h2-13,24H,14H2,1H3. The lowest BCUT2D eigenvalue weighted by Gasteiger charge is -2.23. The first-order chi connectivity index (χ1) is 12.6. The molecule has 0 saturated heterocycles. The number of anilines is 1. The molecule has 5 heteroatoms. The highest BCUT2D eigenvalue weighted by atomic mass is 35.5. The van der Waals surface area contributed by atoms with Gasteiger partial charge in [0, 0.05) is 16.3 Å². The Morgan fingerprint density at radius 1 is 0.962 bits per heavy atom. The van der Waals surface area contributed by atoms with Crippen molar-refractivity contribution in [3.05, 3.63) is 88.9 Å². The number of hydrogen-bond donors (Lipinski definition) is 1. The summed E-state index contributed by atoms with van der Waals surface area (Å²) in [4.78, 5) is 14.7. The van der Waals surface area contributed by atoms with E-state index >= 15 is 0 Å². The normalized spacial score (nSPS) is 10.4. The van der Waals surface area contributed by atoms with E-state index in [0.717, 1.165) is 11.3 Å². The van der Waals surface area contributed by atoms with Crippen molar-refractivity contribution in [2.45, 2.75) is 6.54 Å². The van der Waals surface area contributed by atoms with Gasteiger partial charge in [-0.2, -0.15) is 0 Å². The van der Waals surface area contributed by atoms with Gasteiger partial charge in [-0.3, -0.25) is 4.79 Å². The highest BCUT2D eigenvalue weighted by molar-refractivity contribution is 6.30. The average molecular weight is 368 g/mol. The monoisotopic (exact) mass is 367 g/mol. The molecule has 3 aromatic carbocycles. The molecule has 4 nitrogen and oxygen atoms in total. The fourth-order valence-electron chi connectivity index (χ4n) is 2.57. The molecule has 0 fully saturated rings. The number of phenols is 1. The number of carbonyl (C=O) groups is 1. The number of amides is 1. The van der Waals surface area contributed by atoms with E-state index in [4.69, 9.17) is 16.3 Å². The van der Waals surface area contributed by atoms with Crippen LogP contribution in [0, 0.1) is 0 Å². The van der Waals surface area contributed by atoms with Crippen LogP contribution in [0.4, 0.5) is 5.69 Å². The second-order valence-electron chi connectivity index (χ2n) is 5.76. The SMILES string of the molecule is COc1ccc(CN(C(=O)c2ccc(Cl)cc2)c2ccc(O)cc2)cc1. The van der Waals surface area contributed by atoms with Gasteiger partial charge in [-0.25, -0.2) is 0 Å². The van der Waals surface area contributed by atoms with Crippen LogP contribution in [-0.2, 0) is 6.54 Å². The number of aromatic hydroxyl groups is 1. The van der Waals surface area contributed by atoms with Gasteiger partial charge < -0.3 is 14.7 Å². The Hall–Kier alpha value is -2.98. The van der Waals surface area contributed by atoms with Crippen molar-refractivity contribution in [1.29, 1.82) is 0 Å². The van der Waals surface area contributed by atoms with Gasteiger partial charge in [0.2, 0.25) is 0 Å². The molecule has 26 heavy (non-hydrogen) atoms. The van der Waals surface area contributed by atoms with Gasteiger partial charge in [0.15, 0.2) is 0 Å². The summed E-state index contributed by atoms with van der Waals surface area (Å²) in [7, 11) is 1.61. The van der Waals surface area contributed by atoms with Crippen molar-refractivity contribution in [3.8, 4) is 11.5 Å². The molecular formula is C21H18ClNO3. The summed E-state index contributed by atoms with van der Waals surface area (Å²) < 4.78 is 5.18. The molecule has 0 atom stereocenters. The van der Waals surface area contributed by atoms with Crippen molar-refractivity contribution >= 4 is 23.2 Å². The van der Waals surface area contributed by atoms with Gasteiger partial charge in [-0.15, -0.1) is 0 Å². The molecule has 0 heterocycles. The first-order valence-corrected chi connectivity index (χ1v) is 8.44. The minimum atomic E-state index is -0.150. The van der Waals surface area contributed by atoms with Crippen molar-refractivity contribution in [3.63, 3.8) is 0 Å². The Morgan fingerprint density at radius 2 is 1.58 bits per heavy atom. The van der Waals surface area contributed by atoms with Crippen LogP contribution in [0.5, 0.6) is 11.5 Å². The molecule has 0 unspecified atom stereocenters. The van der Waals surface area contributed by atoms with E-state index in [0.29, 0.717) is 22.8 Å². The lowest BCUT2D eigenvalue weighted by molar-refractivity contribution is 0.0985. The minimum Gasteiger partial charge on any atom is -0.508 e. The molecule has 0 bridgehead atoms. The Kier molecular flexibility index (Phi) is 5.44. The Morgan fingerprint density at radius 3 is 2.15 bits per heavy atom. The third-order valence-corrected chi connectivity index (χ3v) is 4.25. The predicted molar refractivity (Wildman–Crippen MR) is 103 cm³/mol. The second-order valence-corrected chi connectivity index (χ2v) is 6.20. The highest BCUT2D eigenvalue weighted by Gasteiger charge is 2.18. The second kappa shape index (κ2) is 7.93. The van der Waals surface area contributed by atoms with E-state index in [1.165, 1.54) is 0 Å². The van der Waals surface area contributed by atoms with E-state index in [2.05, 4.69) is 0 Å². The number of methoxy groups -OCH3 is 1. The summed E-state index contributed by atoms with van der Waals surface area (Å²) in [5.41, 5.74) is 2.19. The predicted octanol–water partition coefficient (Wildman–Crippen LogP) is 4.90. The fourth-order valence-corrected chi connectivity index (χ4v) is 2.70. The van der Waals surface area contributed by atoms with Crippen molar-refractivity contribution in [1.82, 2.24) is 0 Å². The molecule has 132 valence electrons. The molecule has 1 amide bonds. The topological polar surface area (TPSA) is 49.8 Å². The zero-order valence-electron chi connectivity index (χ0n) is 14.2. The van der Waals surface area contributed by atoms with Crippen LogP contribution in [0.1, 0.15) is 15.9 Å².